The van der Waals surface area contributed by atoms with Crippen LogP contribution in [0.2, 0.25) is 0 Å². The molecule has 2 aliphatic rings. The Kier molecular flexibility index (Phi) is 6.70. The lowest BCUT2D eigenvalue weighted by atomic mass is 9.87. The summed E-state index contributed by atoms with van der Waals surface area (Å²) in [5.41, 5.74) is 0.389. The minimum absolute atomic E-state index is 0.0724. The number of likely N-dealkylation sites (tertiary alicyclic amines) is 1. The van der Waals surface area contributed by atoms with Crippen molar-refractivity contribution in [1.82, 2.24) is 29.6 Å². The molecule has 1 saturated heterocycles. The van der Waals surface area contributed by atoms with Crippen molar-refractivity contribution in [2.45, 2.75) is 61.5 Å². The third-order valence-electron chi connectivity index (χ3n) is 6.98. The maximum absolute atomic E-state index is 13.4. The molecule has 1 saturated carbocycles. The Hall–Kier alpha value is -3.06. The number of aryl methyl sites for hydroxylation is 1. The smallest absolute Gasteiger partial charge is 0.291 e. The number of carbonyl (C=O) groups is 1. The van der Waals surface area contributed by atoms with Gasteiger partial charge in [0.1, 0.15) is 17.3 Å². The number of sulfonamides is 1. The average molecular weight is 566 g/mol. The molecule has 3 heterocycles. The van der Waals surface area contributed by atoms with Crippen molar-refractivity contribution in [3.63, 3.8) is 0 Å². The number of hydrogen-bond donors (Lipinski definition) is 2. The number of amides is 1. The molecule has 2 fully saturated rings. The standard InChI is InChI=1S/C23H25F2N7O4S2/c1-12(33)22(34)32-7-3-13(4-8-32)15-9-14(38(35,36)30-23(11-26)5-6-23)10-16-17(29-31(2)18(15)16)20-27-28-21(37-20)19(24)25/h9-10,12-13,19,30,33H,3-8H2,1-2H3/t12-/m0/s1. The summed E-state index contributed by atoms with van der Waals surface area (Å²) in [4.78, 5) is 13.8. The van der Waals surface area contributed by atoms with Crippen LogP contribution in [0.1, 0.15) is 55.5 Å². The van der Waals surface area contributed by atoms with E-state index in [4.69, 9.17) is 0 Å². The first-order valence-electron chi connectivity index (χ1n) is 12.0. The minimum Gasteiger partial charge on any atom is -0.384 e. The SMILES string of the molecule is C[C@H](O)C(=O)N1CCC(c2cc(S(=O)(=O)NC3(C#N)CC3)cc3c(-c4nnc(C(F)F)s4)nn(C)c23)CC1. The molecule has 0 bridgehead atoms. The zero-order valence-corrected chi connectivity index (χ0v) is 22.2. The van der Waals surface area contributed by atoms with Crippen LogP contribution in [0.25, 0.3) is 21.6 Å². The minimum atomic E-state index is -4.11. The molecule has 38 heavy (non-hydrogen) atoms. The lowest BCUT2D eigenvalue weighted by Crippen LogP contribution is -2.42. The fourth-order valence-electron chi connectivity index (χ4n) is 4.82. The van der Waals surface area contributed by atoms with Crippen LogP contribution in [0.5, 0.6) is 0 Å². The van der Waals surface area contributed by atoms with Crippen LogP contribution in [0.15, 0.2) is 17.0 Å². The van der Waals surface area contributed by atoms with Gasteiger partial charge in [0, 0.05) is 25.5 Å². The van der Waals surface area contributed by atoms with Gasteiger partial charge in [0.15, 0.2) is 10.0 Å². The van der Waals surface area contributed by atoms with Gasteiger partial charge in [-0.15, -0.1) is 10.2 Å². The molecule has 15 heteroatoms. The highest BCUT2D eigenvalue weighted by atomic mass is 32.2. The summed E-state index contributed by atoms with van der Waals surface area (Å²) in [6.45, 7) is 2.17. The topological polar surface area (TPSA) is 154 Å². The number of hydrogen-bond acceptors (Lipinski definition) is 9. The molecule has 0 radical (unpaired) electrons. The monoisotopic (exact) mass is 565 g/mol. The van der Waals surface area contributed by atoms with E-state index >= 15 is 0 Å². The van der Waals surface area contributed by atoms with Gasteiger partial charge in [0.2, 0.25) is 10.0 Å². The van der Waals surface area contributed by atoms with Crippen LogP contribution < -0.4 is 4.72 Å². The quantitative estimate of drug-likeness (QED) is 0.443. The number of piperidine rings is 1. The molecule has 0 unspecified atom stereocenters. The van der Waals surface area contributed by atoms with Crippen molar-refractivity contribution < 1.29 is 27.1 Å². The number of nitrogens with zero attached hydrogens (tertiary/aromatic N) is 6. The Morgan fingerprint density at radius 1 is 1.29 bits per heavy atom. The highest BCUT2D eigenvalue weighted by Crippen LogP contribution is 2.41. The van der Waals surface area contributed by atoms with E-state index in [0.29, 0.717) is 66.6 Å². The Bertz CT molecular complexity index is 1550. The molecule has 2 aromatic heterocycles. The second kappa shape index (κ2) is 9.60. The van der Waals surface area contributed by atoms with Gasteiger partial charge >= 0.3 is 0 Å². The molecule has 1 aliphatic carbocycles. The maximum Gasteiger partial charge on any atom is 0.291 e. The van der Waals surface area contributed by atoms with E-state index in [9.17, 15) is 32.4 Å². The number of carbonyl (C=O) groups excluding carboxylic acids is 1. The summed E-state index contributed by atoms with van der Waals surface area (Å²) in [5.74, 6) is -0.514. The zero-order valence-electron chi connectivity index (χ0n) is 20.6. The number of benzene rings is 1. The number of aliphatic hydroxyl groups excluding tert-OH is 1. The van der Waals surface area contributed by atoms with Gasteiger partial charge in [0.25, 0.3) is 12.3 Å². The molecule has 5 rings (SSSR count). The summed E-state index contributed by atoms with van der Waals surface area (Å²) >= 11 is 0.683. The van der Waals surface area contributed by atoms with Crippen LogP contribution >= 0.6 is 11.3 Å². The largest absolute Gasteiger partial charge is 0.384 e. The molecule has 1 amide bonds. The Balaban J connectivity index is 1.62. The Morgan fingerprint density at radius 2 is 1.97 bits per heavy atom. The first-order chi connectivity index (χ1) is 17.9. The van der Waals surface area contributed by atoms with Gasteiger partial charge in [-0.2, -0.15) is 15.1 Å². The first-order valence-corrected chi connectivity index (χ1v) is 14.3. The summed E-state index contributed by atoms with van der Waals surface area (Å²) in [6, 6.07) is 5.00. The summed E-state index contributed by atoms with van der Waals surface area (Å²) in [6.07, 6.45) is -2.07. The number of rotatable bonds is 7. The molecule has 1 aliphatic heterocycles. The van der Waals surface area contributed by atoms with Gasteiger partial charge in [-0.1, -0.05) is 11.3 Å². The van der Waals surface area contributed by atoms with Crippen molar-refractivity contribution in [2.24, 2.45) is 7.05 Å². The maximum atomic E-state index is 13.4. The number of aromatic nitrogens is 4. The predicted molar refractivity (Wildman–Crippen MR) is 133 cm³/mol. The second-order valence-electron chi connectivity index (χ2n) is 9.70. The number of aliphatic hydroxyl groups is 1. The molecule has 1 atom stereocenters. The van der Waals surface area contributed by atoms with Crippen molar-refractivity contribution in [3.05, 3.63) is 22.7 Å². The third-order valence-corrected chi connectivity index (χ3v) is 9.43. The van der Waals surface area contributed by atoms with Gasteiger partial charge in [-0.05, 0) is 56.2 Å². The summed E-state index contributed by atoms with van der Waals surface area (Å²) in [7, 11) is -2.43. The van der Waals surface area contributed by atoms with Crippen LogP contribution in [0.4, 0.5) is 8.78 Å². The molecule has 1 aromatic carbocycles. The molecule has 202 valence electrons. The van der Waals surface area contributed by atoms with Crippen molar-refractivity contribution in [1.29, 1.82) is 5.26 Å². The molecular weight excluding hydrogens is 540 g/mol. The Labute approximate surface area is 221 Å². The highest BCUT2D eigenvalue weighted by molar-refractivity contribution is 7.89. The zero-order chi connectivity index (χ0) is 27.4. The normalized spacial score (nSPS) is 18.6. The van der Waals surface area contributed by atoms with E-state index in [1.165, 1.54) is 13.0 Å². The summed E-state index contributed by atoms with van der Waals surface area (Å²) < 4.78 is 57.3. The average Bonchev–Trinajstić information content (AvgIpc) is 3.31. The summed E-state index contributed by atoms with van der Waals surface area (Å²) in [5, 5.41) is 31.1. The number of nitriles is 1. The third kappa shape index (κ3) is 4.77. The van der Waals surface area contributed by atoms with Crippen molar-refractivity contribution >= 4 is 38.2 Å². The van der Waals surface area contributed by atoms with Gasteiger partial charge in [0.05, 0.1) is 16.5 Å². The first kappa shape index (κ1) is 26.5. The van der Waals surface area contributed by atoms with Gasteiger partial charge in [-0.3, -0.25) is 9.48 Å². The fraction of sp³-hybridized carbons (Fsp3) is 0.522. The van der Waals surface area contributed by atoms with E-state index < -0.39 is 33.1 Å². The van der Waals surface area contributed by atoms with E-state index in [1.54, 1.807) is 22.7 Å². The number of halogens is 2. The number of fused-ring (bicyclic) bond motifs is 1. The van der Waals surface area contributed by atoms with Crippen LogP contribution in [0.3, 0.4) is 0 Å². The van der Waals surface area contributed by atoms with E-state index in [0.717, 1.165) is 0 Å². The van der Waals surface area contributed by atoms with Crippen molar-refractivity contribution in [2.75, 3.05) is 13.1 Å². The van der Waals surface area contributed by atoms with E-state index in [2.05, 4.69) is 20.0 Å². The lowest BCUT2D eigenvalue weighted by molar-refractivity contribution is -0.140. The van der Waals surface area contributed by atoms with E-state index in [1.807, 2.05) is 6.07 Å². The lowest BCUT2D eigenvalue weighted by Gasteiger charge is -2.33. The molecule has 11 nitrogen and oxygen atoms in total. The van der Waals surface area contributed by atoms with Crippen LogP contribution in [0, 0.1) is 11.3 Å². The predicted octanol–water partition coefficient (Wildman–Crippen LogP) is 2.45. The number of nitrogens with one attached hydrogen (secondary N) is 1. The van der Waals surface area contributed by atoms with Crippen LogP contribution in [-0.2, 0) is 21.9 Å². The van der Waals surface area contributed by atoms with Gasteiger partial charge < -0.3 is 10.0 Å². The molecule has 0 spiro atoms. The van der Waals surface area contributed by atoms with E-state index in [-0.39, 0.29) is 27.4 Å². The fourth-order valence-corrected chi connectivity index (χ4v) is 6.96. The Morgan fingerprint density at radius 3 is 2.53 bits per heavy atom. The van der Waals surface area contributed by atoms with Crippen molar-refractivity contribution in [3.8, 4) is 16.8 Å². The van der Waals surface area contributed by atoms with Crippen LogP contribution in [-0.4, -0.2) is 69.0 Å². The number of alkyl halides is 2. The molecule has 3 aromatic rings. The molecule has 2 N–H and O–H groups in total. The highest BCUT2D eigenvalue weighted by Gasteiger charge is 2.47. The van der Waals surface area contributed by atoms with Gasteiger partial charge in [-0.25, -0.2) is 17.2 Å². The molecular formula is C23H25F2N7O4S2. The second-order valence-corrected chi connectivity index (χ2v) is 12.4.